The largest absolute Gasteiger partial charge is 0.343 e. The summed E-state index contributed by atoms with van der Waals surface area (Å²) in [5.41, 5.74) is 0. The predicted octanol–water partition coefficient (Wildman–Crippen LogP) is 0.469. The van der Waals surface area contributed by atoms with Crippen molar-refractivity contribution in [2.45, 2.75) is 63.3 Å². The van der Waals surface area contributed by atoms with Gasteiger partial charge in [0, 0.05) is 6.54 Å². The summed E-state index contributed by atoms with van der Waals surface area (Å²) in [7, 11) is -3.11. The molecule has 6 nitrogen and oxygen atoms in total. The molecule has 2 heterocycles. The Labute approximate surface area is 126 Å². The van der Waals surface area contributed by atoms with Gasteiger partial charge in [0.1, 0.15) is 12.1 Å². The summed E-state index contributed by atoms with van der Waals surface area (Å²) in [5, 5.41) is 2.25. The molecule has 2 rings (SSSR count). The van der Waals surface area contributed by atoms with Gasteiger partial charge in [-0.2, -0.15) is 0 Å². The fourth-order valence-corrected chi connectivity index (χ4v) is 5.03. The highest BCUT2D eigenvalue weighted by Gasteiger charge is 2.42. The highest BCUT2D eigenvalue weighted by molar-refractivity contribution is 7.92. The van der Waals surface area contributed by atoms with Crippen molar-refractivity contribution in [2.24, 2.45) is 0 Å². The molecule has 0 aliphatic carbocycles. The molecule has 3 atom stereocenters. The van der Waals surface area contributed by atoms with Crippen molar-refractivity contribution in [1.82, 2.24) is 10.2 Å². The quantitative estimate of drug-likeness (QED) is 0.799. The van der Waals surface area contributed by atoms with Crippen LogP contribution in [0.15, 0.2) is 0 Å². The van der Waals surface area contributed by atoms with E-state index in [2.05, 4.69) is 5.32 Å². The third-order valence-corrected chi connectivity index (χ3v) is 6.66. The van der Waals surface area contributed by atoms with Gasteiger partial charge in [0.25, 0.3) is 0 Å². The number of sulfone groups is 1. The summed E-state index contributed by atoms with van der Waals surface area (Å²) >= 11 is 0. The Balaban J connectivity index is 2.19. The minimum atomic E-state index is -3.11. The maximum absolute atomic E-state index is 12.5. The Bertz CT molecular complexity index is 517. The van der Waals surface area contributed by atoms with Crippen LogP contribution in [0.1, 0.15) is 46.0 Å². The molecule has 2 fully saturated rings. The van der Waals surface area contributed by atoms with E-state index < -0.39 is 27.2 Å². The summed E-state index contributed by atoms with van der Waals surface area (Å²) in [5.74, 6) is -0.0995. The Hall–Kier alpha value is -1.11. The van der Waals surface area contributed by atoms with Crippen LogP contribution >= 0.6 is 0 Å². The molecule has 0 aromatic heterocycles. The Morgan fingerprint density at radius 2 is 2.00 bits per heavy atom. The maximum Gasteiger partial charge on any atom is 0.245 e. The van der Waals surface area contributed by atoms with Gasteiger partial charge in [0.05, 0.1) is 11.0 Å². The van der Waals surface area contributed by atoms with E-state index in [9.17, 15) is 18.0 Å². The van der Waals surface area contributed by atoms with Crippen molar-refractivity contribution in [3.05, 3.63) is 0 Å². The van der Waals surface area contributed by atoms with Crippen molar-refractivity contribution in [3.8, 4) is 0 Å². The van der Waals surface area contributed by atoms with Crippen LogP contribution in [0, 0.1) is 0 Å². The lowest BCUT2D eigenvalue weighted by molar-refractivity contribution is -0.149. The van der Waals surface area contributed by atoms with Crippen molar-refractivity contribution < 1.29 is 18.0 Å². The fraction of sp³-hybridized carbons (Fsp3) is 0.857. The van der Waals surface area contributed by atoms with E-state index >= 15 is 0 Å². The molecule has 21 heavy (non-hydrogen) atoms. The maximum atomic E-state index is 12.5. The minimum absolute atomic E-state index is 0.134. The van der Waals surface area contributed by atoms with Crippen LogP contribution in [0.5, 0.6) is 0 Å². The first-order chi connectivity index (χ1) is 9.90. The summed E-state index contributed by atoms with van der Waals surface area (Å²) in [6.45, 7) is 3.96. The van der Waals surface area contributed by atoms with Crippen LogP contribution in [-0.2, 0) is 19.4 Å². The zero-order valence-corrected chi connectivity index (χ0v) is 13.5. The number of amides is 2. The van der Waals surface area contributed by atoms with Crippen LogP contribution < -0.4 is 5.32 Å². The number of hydrogen-bond donors (Lipinski definition) is 1. The summed E-state index contributed by atoms with van der Waals surface area (Å²) in [6.07, 6.45) is 3.13. The summed E-state index contributed by atoms with van der Waals surface area (Å²) < 4.78 is 24.0. The number of hydrogen-bond acceptors (Lipinski definition) is 4. The molecule has 2 aliphatic rings. The molecule has 1 N–H and O–H groups in total. The smallest absolute Gasteiger partial charge is 0.245 e. The van der Waals surface area contributed by atoms with Crippen LogP contribution in [0.4, 0.5) is 0 Å². The Morgan fingerprint density at radius 3 is 2.52 bits per heavy atom. The van der Waals surface area contributed by atoms with Crippen molar-refractivity contribution in [1.29, 1.82) is 0 Å². The predicted molar refractivity (Wildman–Crippen MR) is 79.4 cm³/mol. The zero-order valence-electron chi connectivity index (χ0n) is 12.7. The van der Waals surface area contributed by atoms with Gasteiger partial charge < -0.3 is 10.2 Å². The number of piperazine rings is 1. The standard InChI is InChI=1S/C14H24N2O4S/c1-3-6-11-14(18)16(12(4-2)13(17)15-11)9-10-7-5-8-21(10,19)20/h10-12H,3-9H2,1-2H3,(H,15,17). The molecule has 2 aliphatic heterocycles. The molecule has 0 aromatic rings. The molecule has 2 amide bonds. The van der Waals surface area contributed by atoms with Gasteiger partial charge in [0.15, 0.2) is 9.84 Å². The number of nitrogens with zero attached hydrogens (tertiary/aromatic N) is 1. The molecule has 0 bridgehead atoms. The topological polar surface area (TPSA) is 83.6 Å². The number of carbonyl (C=O) groups excluding carboxylic acids is 2. The number of carbonyl (C=O) groups is 2. The molecule has 2 saturated heterocycles. The van der Waals surface area contributed by atoms with Gasteiger partial charge in [-0.05, 0) is 25.7 Å². The highest BCUT2D eigenvalue weighted by Crippen LogP contribution is 2.24. The average molecular weight is 316 g/mol. The molecule has 0 radical (unpaired) electrons. The summed E-state index contributed by atoms with van der Waals surface area (Å²) in [6, 6.07) is -1.05. The van der Waals surface area contributed by atoms with Crippen molar-refractivity contribution >= 4 is 21.7 Å². The fourth-order valence-electron chi connectivity index (χ4n) is 3.21. The van der Waals surface area contributed by atoms with E-state index in [1.54, 1.807) is 0 Å². The first kappa shape index (κ1) is 16.3. The lowest BCUT2D eigenvalue weighted by atomic mass is 10.0. The Morgan fingerprint density at radius 1 is 1.29 bits per heavy atom. The van der Waals surface area contributed by atoms with Gasteiger partial charge in [-0.15, -0.1) is 0 Å². The third-order valence-electron chi connectivity index (χ3n) is 4.40. The van der Waals surface area contributed by atoms with Crippen LogP contribution in [-0.4, -0.2) is 54.8 Å². The monoisotopic (exact) mass is 316 g/mol. The van der Waals surface area contributed by atoms with Crippen molar-refractivity contribution in [3.63, 3.8) is 0 Å². The second kappa shape index (κ2) is 6.34. The molecule has 3 unspecified atom stereocenters. The highest BCUT2D eigenvalue weighted by atomic mass is 32.2. The second-order valence-corrected chi connectivity index (χ2v) is 8.30. The van der Waals surface area contributed by atoms with Gasteiger partial charge >= 0.3 is 0 Å². The first-order valence-corrected chi connectivity index (χ1v) is 9.44. The van der Waals surface area contributed by atoms with E-state index in [1.807, 2.05) is 13.8 Å². The average Bonchev–Trinajstić information content (AvgIpc) is 2.75. The van der Waals surface area contributed by atoms with E-state index in [1.165, 1.54) is 4.90 Å². The lowest BCUT2D eigenvalue weighted by Crippen LogP contribution is -2.64. The molecule has 0 saturated carbocycles. The number of rotatable bonds is 5. The van der Waals surface area contributed by atoms with Crippen LogP contribution in [0.3, 0.4) is 0 Å². The van der Waals surface area contributed by atoms with E-state index in [-0.39, 0.29) is 24.1 Å². The normalized spacial score (nSPS) is 32.3. The molecular formula is C14H24N2O4S. The van der Waals surface area contributed by atoms with Gasteiger partial charge in [-0.3, -0.25) is 9.59 Å². The van der Waals surface area contributed by atoms with Gasteiger partial charge in [-0.1, -0.05) is 20.3 Å². The molecule has 120 valence electrons. The molecule has 7 heteroatoms. The molecule has 0 aromatic carbocycles. The van der Waals surface area contributed by atoms with E-state index in [4.69, 9.17) is 0 Å². The third kappa shape index (κ3) is 3.22. The Kier molecular flexibility index (Phi) is 4.91. The minimum Gasteiger partial charge on any atom is -0.343 e. The second-order valence-electron chi connectivity index (χ2n) is 5.90. The summed E-state index contributed by atoms with van der Waals surface area (Å²) in [4.78, 5) is 26.2. The van der Waals surface area contributed by atoms with E-state index in [0.717, 1.165) is 6.42 Å². The molecular weight excluding hydrogens is 292 g/mol. The lowest BCUT2D eigenvalue weighted by Gasteiger charge is -2.39. The van der Waals surface area contributed by atoms with Gasteiger partial charge in [-0.25, -0.2) is 8.42 Å². The molecule has 0 spiro atoms. The first-order valence-electron chi connectivity index (χ1n) is 7.73. The number of nitrogens with one attached hydrogen (secondary N) is 1. The van der Waals surface area contributed by atoms with Crippen LogP contribution in [0.25, 0.3) is 0 Å². The van der Waals surface area contributed by atoms with Crippen molar-refractivity contribution in [2.75, 3.05) is 12.3 Å². The SMILES string of the molecule is CCCC1NC(=O)C(CC)N(CC2CCCS2(=O)=O)C1=O. The zero-order chi connectivity index (χ0) is 15.6. The van der Waals surface area contributed by atoms with Gasteiger partial charge in [0.2, 0.25) is 11.8 Å². The van der Waals surface area contributed by atoms with Crippen LogP contribution in [0.2, 0.25) is 0 Å². The van der Waals surface area contributed by atoms with E-state index in [0.29, 0.717) is 25.7 Å².